The summed E-state index contributed by atoms with van der Waals surface area (Å²) in [5.41, 5.74) is 4.57. The second-order valence-corrected chi connectivity index (χ2v) is 8.75. The summed E-state index contributed by atoms with van der Waals surface area (Å²) in [4.78, 5) is 31.4. The van der Waals surface area contributed by atoms with Crippen molar-refractivity contribution < 1.29 is 24.2 Å². The highest BCUT2D eigenvalue weighted by molar-refractivity contribution is 6.04. The van der Waals surface area contributed by atoms with Gasteiger partial charge in [0.15, 0.2) is 0 Å². The Kier molecular flexibility index (Phi) is 8.15. The first kappa shape index (κ1) is 25.9. The molecule has 0 saturated carbocycles. The fraction of sp³-hybridized carbons (Fsp3) is 0.233. The average Bonchev–Trinajstić information content (AvgIpc) is 2.93. The zero-order valence-electron chi connectivity index (χ0n) is 21.2. The highest BCUT2D eigenvalue weighted by atomic mass is 16.5. The van der Waals surface area contributed by atoms with Crippen molar-refractivity contribution in [3.8, 4) is 16.9 Å². The summed E-state index contributed by atoms with van der Waals surface area (Å²) in [6.45, 7) is 2.26. The van der Waals surface area contributed by atoms with Gasteiger partial charge < -0.3 is 14.6 Å². The van der Waals surface area contributed by atoms with E-state index in [2.05, 4.69) is 11.1 Å². The number of aliphatic hydroxyl groups excluding tert-OH is 1. The Morgan fingerprint density at radius 2 is 1.70 bits per heavy atom. The lowest BCUT2D eigenvalue weighted by molar-refractivity contribution is -0.119. The van der Waals surface area contributed by atoms with Crippen LogP contribution in [0.5, 0.6) is 5.75 Å². The van der Waals surface area contributed by atoms with Crippen LogP contribution in [0.4, 0.5) is 5.82 Å². The number of amides is 1. The van der Waals surface area contributed by atoms with E-state index in [1.54, 1.807) is 42.5 Å². The van der Waals surface area contributed by atoms with Crippen LogP contribution < -0.4 is 9.64 Å². The number of hydrogen-bond acceptors (Lipinski definition) is 6. The zero-order chi connectivity index (χ0) is 26.4. The SMILES string of the molecule is COC(=O)c1ccc2c(N(Cc3ccc(-c4ccc(OC)c(C)c4)cc3)C(=O)CCCO)nccc2c1. The van der Waals surface area contributed by atoms with Crippen molar-refractivity contribution in [2.75, 3.05) is 25.7 Å². The number of pyridine rings is 1. The topological polar surface area (TPSA) is 89.0 Å². The number of rotatable bonds is 9. The molecule has 0 aliphatic carbocycles. The van der Waals surface area contributed by atoms with E-state index in [0.29, 0.717) is 24.3 Å². The third-order valence-corrected chi connectivity index (χ3v) is 6.29. The van der Waals surface area contributed by atoms with Crippen molar-refractivity contribution in [3.05, 3.63) is 89.6 Å². The van der Waals surface area contributed by atoms with Crippen LogP contribution in [0.3, 0.4) is 0 Å². The molecule has 37 heavy (non-hydrogen) atoms. The van der Waals surface area contributed by atoms with Crippen molar-refractivity contribution >= 4 is 28.5 Å². The summed E-state index contributed by atoms with van der Waals surface area (Å²) in [6.07, 6.45) is 2.18. The van der Waals surface area contributed by atoms with Gasteiger partial charge in [0.1, 0.15) is 11.6 Å². The van der Waals surface area contributed by atoms with Gasteiger partial charge in [-0.05, 0) is 77.4 Å². The second-order valence-electron chi connectivity index (χ2n) is 8.75. The molecule has 1 amide bonds. The summed E-state index contributed by atoms with van der Waals surface area (Å²) in [6, 6.07) is 21.1. The molecule has 0 spiro atoms. The van der Waals surface area contributed by atoms with Crippen LogP contribution in [0, 0.1) is 6.92 Å². The Morgan fingerprint density at radius 1 is 0.946 bits per heavy atom. The van der Waals surface area contributed by atoms with Crippen LogP contribution in [0.15, 0.2) is 72.9 Å². The molecule has 3 aromatic carbocycles. The number of fused-ring (bicyclic) bond motifs is 1. The molecule has 190 valence electrons. The summed E-state index contributed by atoms with van der Waals surface area (Å²) >= 11 is 0. The summed E-state index contributed by atoms with van der Waals surface area (Å²) in [7, 11) is 3.00. The van der Waals surface area contributed by atoms with Crippen LogP contribution in [-0.2, 0) is 16.1 Å². The minimum Gasteiger partial charge on any atom is -0.496 e. The van der Waals surface area contributed by atoms with Crippen LogP contribution in [0.1, 0.15) is 34.3 Å². The molecule has 4 aromatic rings. The smallest absolute Gasteiger partial charge is 0.337 e. The van der Waals surface area contributed by atoms with E-state index in [4.69, 9.17) is 9.47 Å². The predicted molar refractivity (Wildman–Crippen MR) is 144 cm³/mol. The van der Waals surface area contributed by atoms with Crippen LogP contribution >= 0.6 is 0 Å². The quantitative estimate of drug-likeness (QED) is 0.315. The number of hydrogen-bond donors (Lipinski definition) is 1. The Bertz CT molecular complexity index is 1420. The van der Waals surface area contributed by atoms with Crippen molar-refractivity contribution in [1.29, 1.82) is 0 Å². The van der Waals surface area contributed by atoms with Gasteiger partial charge in [0.25, 0.3) is 0 Å². The minimum atomic E-state index is -0.428. The standard InChI is InChI=1S/C30H30N2O5/c1-20-17-23(11-13-27(20)36-2)22-8-6-21(7-9-22)19-32(28(34)5-4-16-33)29-26-12-10-25(30(35)37-3)18-24(26)14-15-31-29/h6-15,17-18,33H,4-5,16,19H2,1-3H3. The number of benzene rings is 3. The lowest BCUT2D eigenvalue weighted by atomic mass is 10.0. The Balaban J connectivity index is 1.66. The largest absolute Gasteiger partial charge is 0.496 e. The molecule has 0 aliphatic rings. The number of nitrogens with zero attached hydrogens (tertiary/aromatic N) is 2. The number of anilines is 1. The predicted octanol–water partition coefficient (Wildman–Crippen LogP) is 5.31. The fourth-order valence-electron chi connectivity index (χ4n) is 4.31. The Morgan fingerprint density at radius 3 is 2.38 bits per heavy atom. The van der Waals surface area contributed by atoms with E-state index in [1.165, 1.54) is 7.11 Å². The normalized spacial score (nSPS) is 10.8. The highest BCUT2D eigenvalue weighted by Crippen LogP contribution is 2.29. The third kappa shape index (κ3) is 5.78. The third-order valence-electron chi connectivity index (χ3n) is 6.29. The Hall–Kier alpha value is -4.23. The van der Waals surface area contributed by atoms with E-state index in [-0.39, 0.29) is 18.9 Å². The first-order chi connectivity index (χ1) is 17.9. The lowest BCUT2D eigenvalue weighted by Crippen LogP contribution is -2.31. The maximum atomic E-state index is 13.2. The van der Waals surface area contributed by atoms with E-state index < -0.39 is 5.97 Å². The van der Waals surface area contributed by atoms with Gasteiger partial charge in [0, 0.05) is 24.6 Å². The van der Waals surface area contributed by atoms with Gasteiger partial charge in [-0.15, -0.1) is 0 Å². The van der Waals surface area contributed by atoms with E-state index in [0.717, 1.165) is 38.8 Å². The number of carbonyl (C=O) groups excluding carboxylic acids is 2. The molecular weight excluding hydrogens is 468 g/mol. The monoisotopic (exact) mass is 498 g/mol. The first-order valence-electron chi connectivity index (χ1n) is 12.1. The van der Waals surface area contributed by atoms with Gasteiger partial charge in [0.2, 0.25) is 5.91 Å². The summed E-state index contributed by atoms with van der Waals surface area (Å²) < 4.78 is 10.2. The molecule has 0 bridgehead atoms. The summed E-state index contributed by atoms with van der Waals surface area (Å²) in [5, 5.41) is 10.8. The molecule has 0 unspecified atom stereocenters. The molecule has 7 heteroatoms. The number of ether oxygens (including phenoxy) is 2. The molecule has 1 heterocycles. The maximum Gasteiger partial charge on any atom is 0.337 e. The molecule has 0 radical (unpaired) electrons. The van der Waals surface area contributed by atoms with Crippen molar-refractivity contribution in [2.24, 2.45) is 0 Å². The number of aryl methyl sites for hydroxylation is 1. The zero-order valence-corrected chi connectivity index (χ0v) is 21.2. The van der Waals surface area contributed by atoms with Crippen LogP contribution in [0.25, 0.3) is 21.9 Å². The maximum absolute atomic E-state index is 13.2. The fourth-order valence-corrected chi connectivity index (χ4v) is 4.31. The first-order valence-corrected chi connectivity index (χ1v) is 12.1. The summed E-state index contributed by atoms with van der Waals surface area (Å²) in [5.74, 6) is 0.787. The van der Waals surface area contributed by atoms with Gasteiger partial charge in [-0.3, -0.25) is 9.69 Å². The van der Waals surface area contributed by atoms with Crippen LogP contribution in [-0.4, -0.2) is 42.8 Å². The van der Waals surface area contributed by atoms with Gasteiger partial charge in [-0.1, -0.05) is 30.3 Å². The van der Waals surface area contributed by atoms with Gasteiger partial charge in [0.05, 0.1) is 26.3 Å². The van der Waals surface area contributed by atoms with Gasteiger partial charge in [-0.25, -0.2) is 9.78 Å². The molecule has 1 N–H and O–H groups in total. The average molecular weight is 499 g/mol. The van der Waals surface area contributed by atoms with Gasteiger partial charge in [-0.2, -0.15) is 0 Å². The van der Waals surface area contributed by atoms with Gasteiger partial charge >= 0.3 is 5.97 Å². The lowest BCUT2D eigenvalue weighted by Gasteiger charge is -2.24. The van der Waals surface area contributed by atoms with Crippen molar-refractivity contribution in [3.63, 3.8) is 0 Å². The molecule has 0 saturated heterocycles. The number of methoxy groups -OCH3 is 2. The molecular formula is C30H30N2O5. The van der Waals surface area contributed by atoms with E-state index in [1.807, 2.05) is 43.3 Å². The number of aliphatic hydroxyl groups is 1. The second kappa shape index (κ2) is 11.7. The van der Waals surface area contributed by atoms with E-state index in [9.17, 15) is 14.7 Å². The molecule has 0 aliphatic heterocycles. The molecule has 0 atom stereocenters. The molecule has 7 nitrogen and oxygen atoms in total. The number of esters is 1. The van der Waals surface area contributed by atoms with Crippen molar-refractivity contribution in [2.45, 2.75) is 26.3 Å². The van der Waals surface area contributed by atoms with Crippen LogP contribution in [0.2, 0.25) is 0 Å². The highest BCUT2D eigenvalue weighted by Gasteiger charge is 2.20. The van der Waals surface area contributed by atoms with Crippen molar-refractivity contribution in [1.82, 2.24) is 4.98 Å². The molecule has 0 fully saturated rings. The molecule has 1 aromatic heterocycles. The number of carbonyl (C=O) groups is 2. The van der Waals surface area contributed by atoms with E-state index >= 15 is 0 Å². The molecule has 4 rings (SSSR count). The minimum absolute atomic E-state index is 0.0684. The Labute approximate surface area is 216 Å². The number of aromatic nitrogens is 1.